The highest BCUT2D eigenvalue weighted by Crippen LogP contribution is 2.45. The van der Waals surface area contributed by atoms with Crippen LogP contribution in [0.15, 0.2) is 72.8 Å². The zero-order valence-electron chi connectivity index (χ0n) is 15.9. The molecular formula is C19H13ClN3O8P. The second-order valence-electron chi connectivity index (χ2n) is 6.13. The number of nitro groups is 2. The first kappa shape index (κ1) is 22.7. The zero-order valence-corrected chi connectivity index (χ0v) is 17.6. The lowest BCUT2D eigenvalue weighted by Gasteiger charge is -2.20. The van der Waals surface area contributed by atoms with Crippen molar-refractivity contribution in [1.82, 2.24) is 5.09 Å². The lowest BCUT2D eigenvalue weighted by molar-refractivity contribution is -0.385. The minimum Gasteiger partial charge on any atom is -0.400 e. The first-order valence-corrected chi connectivity index (χ1v) is 10.6. The quantitative estimate of drug-likeness (QED) is 0.265. The third-order valence-corrected chi connectivity index (χ3v) is 5.52. The Bertz CT molecular complexity index is 1140. The fraction of sp³-hybridized carbons (Fsp3) is 0. The first-order valence-electron chi connectivity index (χ1n) is 8.71. The SMILES string of the molecule is O=C(NP(=O)(Oc1ccc([N+](=O)[O-])cc1)Oc1ccc([N+](=O)[O-])cc1)c1ccc(Cl)cc1. The van der Waals surface area contributed by atoms with Crippen molar-refractivity contribution in [3.63, 3.8) is 0 Å². The van der Waals surface area contributed by atoms with Crippen LogP contribution in [0.4, 0.5) is 11.4 Å². The number of hydrogen-bond acceptors (Lipinski definition) is 8. The van der Waals surface area contributed by atoms with E-state index < -0.39 is 23.5 Å². The number of benzene rings is 3. The van der Waals surface area contributed by atoms with E-state index in [0.29, 0.717) is 5.02 Å². The molecule has 0 bridgehead atoms. The molecule has 32 heavy (non-hydrogen) atoms. The van der Waals surface area contributed by atoms with Gasteiger partial charge in [0.05, 0.1) is 9.85 Å². The Labute approximate surface area is 185 Å². The van der Waals surface area contributed by atoms with E-state index >= 15 is 0 Å². The molecule has 0 fully saturated rings. The van der Waals surface area contributed by atoms with E-state index in [1.165, 1.54) is 48.5 Å². The zero-order chi connectivity index (χ0) is 23.3. The molecule has 13 heteroatoms. The number of halogens is 1. The minimum absolute atomic E-state index is 0.0859. The summed E-state index contributed by atoms with van der Waals surface area (Å²) < 4.78 is 24.1. The Morgan fingerprint density at radius 3 is 1.56 bits per heavy atom. The van der Waals surface area contributed by atoms with Crippen LogP contribution in [0.1, 0.15) is 10.4 Å². The summed E-state index contributed by atoms with van der Waals surface area (Å²) in [6, 6.07) is 14.9. The Morgan fingerprint density at radius 1 is 0.781 bits per heavy atom. The van der Waals surface area contributed by atoms with E-state index in [1.807, 2.05) is 0 Å². The fourth-order valence-electron chi connectivity index (χ4n) is 2.39. The van der Waals surface area contributed by atoms with Crippen molar-refractivity contribution in [3.05, 3.63) is 104 Å². The number of hydrogen-bond donors (Lipinski definition) is 1. The van der Waals surface area contributed by atoms with Crippen LogP contribution in [0.3, 0.4) is 0 Å². The van der Waals surface area contributed by atoms with Gasteiger partial charge in [-0.1, -0.05) is 11.6 Å². The average molecular weight is 478 g/mol. The lowest BCUT2D eigenvalue weighted by Crippen LogP contribution is -2.25. The summed E-state index contributed by atoms with van der Waals surface area (Å²) in [5.74, 6) is -0.983. The van der Waals surface area contributed by atoms with Gasteiger partial charge in [0.15, 0.2) is 0 Å². The highest BCUT2D eigenvalue weighted by atomic mass is 35.5. The summed E-state index contributed by atoms with van der Waals surface area (Å²) in [5, 5.41) is 24.2. The monoisotopic (exact) mass is 477 g/mol. The number of nitrogens with one attached hydrogen (secondary N) is 1. The molecule has 0 aromatic heterocycles. The van der Waals surface area contributed by atoms with Crippen LogP contribution in [0, 0.1) is 20.2 Å². The molecule has 0 aliphatic carbocycles. The van der Waals surface area contributed by atoms with Gasteiger partial charge in [-0.05, 0) is 48.5 Å². The summed E-state index contributed by atoms with van der Waals surface area (Å²) in [4.78, 5) is 32.9. The topological polar surface area (TPSA) is 151 Å². The molecular weight excluding hydrogens is 465 g/mol. The van der Waals surface area contributed by atoms with Gasteiger partial charge >= 0.3 is 7.75 Å². The summed E-state index contributed by atoms with van der Waals surface area (Å²) in [6.45, 7) is 0. The van der Waals surface area contributed by atoms with Crippen molar-refractivity contribution < 1.29 is 28.3 Å². The van der Waals surface area contributed by atoms with Gasteiger partial charge in [0, 0.05) is 34.9 Å². The first-order chi connectivity index (χ1) is 15.1. The third kappa shape index (κ3) is 5.81. The van der Waals surface area contributed by atoms with Crippen LogP contribution in [-0.2, 0) is 4.57 Å². The Morgan fingerprint density at radius 2 is 1.19 bits per heavy atom. The van der Waals surface area contributed by atoms with Crippen molar-refractivity contribution in [2.75, 3.05) is 0 Å². The van der Waals surface area contributed by atoms with Crippen LogP contribution in [0.25, 0.3) is 0 Å². The van der Waals surface area contributed by atoms with Gasteiger partial charge in [-0.15, -0.1) is 0 Å². The van der Waals surface area contributed by atoms with Crippen molar-refractivity contribution in [3.8, 4) is 11.5 Å². The summed E-state index contributed by atoms with van der Waals surface area (Å²) >= 11 is 5.80. The second-order valence-corrected chi connectivity index (χ2v) is 8.15. The van der Waals surface area contributed by atoms with E-state index in [1.54, 1.807) is 0 Å². The number of carbonyl (C=O) groups is 1. The van der Waals surface area contributed by atoms with E-state index in [4.69, 9.17) is 20.6 Å². The predicted octanol–water partition coefficient (Wildman–Crippen LogP) is 5.15. The molecule has 1 N–H and O–H groups in total. The minimum atomic E-state index is -4.45. The van der Waals surface area contributed by atoms with E-state index in [9.17, 15) is 29.6 Å². The number of rotatable bonds is 8. The fourth-order valence-corrected chi connectivity index (χ4v) is 3.82. The highest BCUT2D eigenvalue weighted by molar-refractivity contribution is 7.53. The average Bonchev–Trinajstić information content (AvgIpc) is 2.74. The molecule has 3 aromatic rings. The van der Waals surface area contributed by atoms with E-state index in [-0.39, 0.29) is 28.4 Å². The van der Waals surface area contributed by atoms with Crippen LogP contribution in [0.5, 0.6) is 11.5 Å². The predicted molar refractivity (Wildman–Crippen MR) is 114 cm³/mol. The molecule has 0 saturated heterocycles. The molecule has 3 rings (SSSR count). The summed E-state index contributed by atoms with van der Waals surface area (Å²) in [7, 11) is -4.45. The van der Waals surface area contributed by atoms with Crippen molar-refractivity contribution >= 4 is 36.6 Å². The molecule has 164 valence electrons. The Kier molecular flexibility index (Phi) is 6.72. The molecule has 0 saturated carbocycles. The maximum atomic E-state index is 13.4. The molecule has 3 aromatic carbocycles. The van der Waals surface area contributed by atoms with Gasteiger partial charge in [-0.25, -0.2) is 9.65 Å². The molecule has 0 aliphatic rings. The second kappa shape index (κ2) is 9.46. The summed E-state index contributed by atoms with van der Waals surface area (Å²) in [5.41, 5.74) is -0.350. The number of non-ortho nitro benzene ring substituents is 2. The molecule has 0 radical (unpaired) electrons. The highest BCUT2D eigenvalue weighted by Gasteiger charge is 2.32. The summed E-state index contributed by atoms with van der Waals surface area (Å²) in [6.07, 6.45) is 0. The van der Waals surface area contributed by atoms with Crippen molar-refractivity contribution in [1.29, 1.82) is 0 Å². The van der Waals surface area contributed by atoms with Crippen LogP contribution in [-0.4, -0.2) is 15.8 Å². The van der Waals surface area contributed by atoms with Gasteiger partial charge in [-0.3, -0.25) is 25.0 Å². The van der Waals surface area contributed by atoms with Crippen molar-refractivity contribution in [2.45, 2.75) is 0 Å². The van der Waals surface area contributed by atoms with Gasteiger partial charge in [-0.2, -0.15) is 0 Å². The van der Waals surface area contributed by atoms with Gasteiger partial charge in [0.2, 0.25) is 0 Å². The van der Waals surface area contributed by atoms with E-state index in [2.05, 4.69) is 5.09 Å². The smallest absolute Gasteiger partial charge is 0.400 e. The molecule has 0 atom stereocenters. The number of amides is 1. The largest absolute Gasteiger partial charge is 0.544 e. The molecule has 0 aliphatic heterocycles. The normalized spacial score (nSPS) is 10.8. The van der Waals surface area contributed by atoms with Crippen LogP contribution < -0.4 is 14.1 Å². The molecule has 0 spiro atoms. The number of nitrogens with zero attached hydrogens (tertiary/aromatic N) is 2. The van der Waals surface area contributed by atoms with Gasteiger partial charge < -0.3 is 9.05 Å². The van der Waals surface area contributed by atoms with Gasteiger partial charge in [0.1, 0.15) is 11.5 Å². The molecule has 0 heterocycles. The Balaban J connectivity index is 1.88. The van der Waals surface area contributed by atoms with Crippen LogP contribution >= 0.6 is 19.3 Å². The number of nitro benzene ring substituents is 2. The maximum Gasteiger partial charge on any atom is 0.544 e. The lowest BCUT2D eigenvalue weighted by atomic mass is 10.2. The van der Waals surface area contributed by atoms with Gasteiger partial charge in [0.25, 0.3) is 17.3 Å². The molecule has 0 unspecified atom stereocenters. The Hall–Kier alpha value is -3.95. The molecule has 11 nitrogen and oxygen atoms in total. The third-order valence-electron chi connectivity index (χ3n) is 3.89. The van der Waals surface area contributed by atoms with Crippen molar-refractivity contribution in [2.24, 2.45) is 0 Å². The standard InChI is InChI=1S/C19H13ClN3O8P/c20-14-3-1-13(2-4-14)19(24)21-32(29,30-17-9-5-15(6-10-17)22(25)26)31-18-11-7-16(8-12-18)23(27)28/h1-12H,(H,21,24,29). The maximum absolute atomic E-state index is 13.4. The molecule has 1 amide bonds. The van der Waals surface area contributed by atoms with E-state index in [0.717, 1.165) is 24.3 Å². The van der Waals surface area contributed by atoms with Crippen LogP contribution in [0.2, 0.25) is 5.02 Å². The number of carbonyl (C=O) groups excluding carboxylic acids is 1.